The first-order valence-corrected chi connectivity index (χ1v) is 11.9. The van der Waals surface area contributed by atoms with Gasteiger partial charge in [-0.2, -0.15) is 5.10 Å². The Bertz CT molecular complexity index is 1390. The molecule has 0 bridgehead atoms. The topological polar surface area (TPSA) is 63.0 Å². The van der Waals surface area contributed by atoms with Crippen molar-refractivity contribution in [3.8, 4) is 0 Å². The van der Waals surface area contributed by atoms with Gasteiger partial charge in [0.1, 0.15) is 23.8 Å². The minimum absolute atomic E-state index is 0.00437. The Balaban J connectivity index is 1.34. The second-order valence-corrected chi connectivity index (χ2v) is 10.2. The Morgan fingerprint density at radius 3 is 2.71 bits per heavy atom. The fraction of sp³-hybridized carbons (Fsp3) is 0.385. The zero-order valence-corrected chi connectivity index (χ0v) is 19.8. The number of benzene rings is 1. The molecule has 0 unspecified atom stereocenters. The normalized spacial score (nSPS) is 16.0. The lowest BCUT2D eigenvalue weighted by atomic mass is 9.92. The van der Waals surface area contributed by atoms with Crippen LogP contribution in [0.25, 0.3) is 10.9 Å². The molecule has 6 rings (SSSR count). The molecule has 174 valence electrons. The second kappa shape index (κ2) is 7.75. The SMILES string of the molecule is CC(C)(C)c1cc2n(n1)CCCN2c1cnc2c(c1)CN(c1ncnc3ccc(F)cc13)CC2. The molecule has 0 amide bonds. The van der Waals surface area contributed by atoms with Crippen molar-refractivity contribution in [2.24, 2.45) is 0 Å². The van der Waals surface area contributed by atoms with Gasteiger partial charge >= 0.3 is 0 Å². The monoisotopic (exact) mass is 457 g/mol. The molecule has 34 heavy (non-hydrogen) atoms. The third-order valence-electron chi connectivity index (χ3n) is 6.77. The van der Waals surface area contributed by atoms with E-state index in [0.717, 1.165) is 72.1 Å². The van der Waals surface area contributed by atoms with E-state index in [0.29, 0.717) is 6.54 Å². The van der Waals surface area contributed by atoms with Crippen LogP contribution < -0.4 is 9.80 Å². The Morgan fingerprint density at radius 1 is 0.971 bits per heavy atom. The number of nitrogens with zero attached hydrogens (tertiary/aromatic N) is 7. The van der Waals surface area contributed by atoms with Crippen molar-refractivity contribution in [2.75, 3.05) is 22.9 Å². The van der Waals surface area contributed by atoms with Crippen LogP contribution in [0.15, 0.2) is 42.9 Å². The summed E-state index contributed by atoms with van der Waals surface area (Å²) in [4.78, 5) is 18.2. The van der Waals surface area contributed by atoms with E-state index in [-0.39, 0.29) is 11.2 Å². The van der Waals surface area contributed by atoms with Crippen molar-refractivity contribution < 1.29 is 4.39 Å². The molecule has 0 radical (unpaired) electrons. The molecule has 0 aliphatic carbocycles. The molecule has 3 aromatic heterocycles. The van der Waals surface area contributed by atoms with Gasteiger partial charge in [0.25, 0.3) is 0 Å². The summed E-state index contributed by atoms with van der Waals surface area (Å²) < 4.78 is 16.1. The van der Waals surface area contributed by atoms with Crippen LogP contribution >= 0.6 is 0 Å². The summed E-state index contributed by atoms with van der Waals surface area (Å²) in [6.45, 7) is 9.93. The molecular formula is C26H28FN7. The summed E-state index contributed by atoms with van der Waals surface area (Å²) in [7, 11) is 0. The van der Waals surface area contributed by atoms with Crippen LogP contribution in [0.5, 0.6) is 0 Å². The Morgan fingerprint density at radius 2 is 1.85 bits per heavy atom. The highest BCUT2D eigenvalue weighted by Gasteiger charge is 2.27. The highest BCUT2D eigenvalue weighted by atomic mass is 19.1. The number of rotatable bonds is 2. The molecule has 7 nitrogen and oxygen atoms in total. The van der Waals surface area contributed by atoms with Crippen LogP contribution in [0.1, 0.15) is 44.1 Å². The van der Waals surface area contributed by atoms with Crippen LogP contribution in [-0.2, 0) is 24.9 Å². The van der Waals surface area contributed by atoms with Gasteiger partial charge in [-0.05, 0) is 36.2 Å². The predicted molar refractivity (Wildman–Crippen MR) is 131 cm³/mol. The Hall–Kier alpha value is -3.55. The average Bonchev–Trinajstić information content (AvgIpc) is 3.28. The minimum atomic E-state index is -0.277. The van der Waals surface area contributed by atoms with Gasteiger partial charge in [0.05, 0.1) is 23.1 Å². The van der Waals surface area contributed by atoms with E-state index >= 15 is 0 Å². The number of fused-ring (bicyclic) bond motifs is 3. The van der Waals surface area contributed by atoms with E-state index in [1.165, 1.54) is 17.7 Å². The van der Waals surface area contributed by atoms with Crippen molar-refractivity contribution >= 4 is 28.2 Å². The van der Waals surface area contributed by atoms with Crippen molar-refractivity contribution in [2.45, 2.75) is 52.1 Å². The minimum Gasteiger partial charge on any atom is -0.351 e. The van der Waals surface area contributed by atoms with E-state index in [1.807, 2.05) is 6.20 Å². The first kappa shape index (κ1) is 21.0. The maximum atomic E-state index is 14.0. The molecule has 0 spiro atoms. The summed E-state index contributed by atoms with van der Waals surface area (Å²) in [6.07, 6.45) is 5.41. The first-order chi connectivity index (χ1) is 16.4. The standard InChI is InChI=1S/C26H28FN7/c1-26(2,3)23-13-24-33(8-4-9-34(24)31-23)19-11-17-15-32(10-7-21(17)28-14-19)25-20-12-18(27)5-6-22(20)29-16-30-25/h5-6,11-14,16H,4,7-10,15H2,1-3H3. The van der Waals surface area contributed by atoms with Crippen LogP contribution in [0, 0.1) is 5.82 Å². The van der Waals surface area contributed by atoms with Crippen molar-refractivity contribution in [3.63, 3.8) is 0 Å². The molecule has 1 aromatic carbocycles. The summed E-state index contributed by atoms with van der Waals surface area (Å²) in [5.41, 5.74) is 5.24. The molecule has 2 aliphatic heterocycles. The highest BCUT2D eigenvalue weighted by Crippen LogP contribution is 2.35. The van der Waals surface area contributed by atoms with Crippen molar-refractivity contribution in [3.05, 3.63) is 65.6 Å². The molecule has 2 aliphatic rings. The number of aromatic nitrogens is 5. The fourth-order valence-electron chi connectivity index (χ4n) is 4.92. The maximum Gasteiger partial charge on any atom is 0.140 e. The highest BCUT2D eigenvalue weighted by molar-refractivity contribution is 5.89. The van der Waals surface area contributed by atoms with Crippen molar-refractivity contribution in [1.82, 2.24) is 24.7 Å². The molecule has 8 heteroatoms. The summed E-state index contributed by atoms with van der Waals surface area (Å²) in [5.74, 6) is 1.62. The zero-order valence-electron chi connectivity index (χ0n) is 19.8. The third-order valence-corrected chi connectivity index (χ3v) is 6.77. The van der Waals surface area contributed by atoms with Crippen molar-refractivity contribution in [1.29, 1.82) is 0 Å². The molecule has 4 aromatic rings. The van der Waals surface area contributed by atoms with Gasteiger partial charge in [-0.15, -0.1) is 0 Å². The van der Waals surface area contributed by atoms with Gasteiger partial charge in [-0.3, -0.25) is 4.98 Å². The quantitative estimate of drug-likeness (QED) is 0.432. The van der Waals surface area contributed by atoms with E-state index in [4.69, 9.17) is 10.1 Å². The second-order valence-electron chi connectivity index (χ2n) is 10.2. The maximum absolute atomic E-state index is 14.0. The van der Waals surface area contributed by atoms with Crippen LogP contribution in [-0.4, -0.2) is 37.8 Å². The largest absolute Gasteiger partial charge is 0.351 e. The summed E-state index contributed by atoms with van der Waals surface area (Å²) >= 11 is 0. The lowest BCUT2D eigenvalue weighted by Crippen LogP contribution is -2.33. The van der Waals surface area contributed by atoms with Crippen LogP contribution in [0.4, 0.5) is 21.7 Å². The Kier molecular flexibility index (Phi) is 4.79. The van der Waals surface area contributed by atoms with Gasteiger partial charge in [0.2, 0.25) is 0 Å². The number of halogens is 1. The summed E-state index contributed by atoms with van der Waals surface area (Å²) in [5, 5.41) is 5.62. The first-order valence-electron chi connectivity index (χ1n) is 11.9. The number of pyridine rings is 1. The molecular weight excluding hydrogens is 429 g/mol. The van der Waals surface area contributed by atoms with Gasteiger partial charge in [0.15, 0.2) is 0 Å². The van der Waals surface area contributed by atoms with Crippen LogP contribution in [0.3, 0.4) is 0 Å². The molecule has 0 saturated carbocycles. The van der Waals surface area contributed by atoms with E-state index < -0.39 is 0 Å². The predicted octanol–water partition coefficient (Wildman–Crippen LogP) is 4.76. The number of anilines is 3. The fourth-order valence-corrected chi connectivity index (χ4v) is 4.92. The van der Waals surface area contributed by atoms with E-state index in [9.17, 15) is 4.39 Å². The molecule has 0 N–H and O–H groups in total. The molecule has 0 saturated heterocycles. The average molecular weight is 458 g/mol. The van der Waals surface area contributed by atoms with Gasteiger partial charge < -0.3 is 9.80 Å². The smallest absolute Gasteiger partial charge is 0.140 e. The zero-order chi connectivity index (χ0) is 23.4. The van der Waals surface area contributed by atoms with Gasteiger partial charge in [0, 0.05) is 55.2 Å². The van der Waals surface area contributed by atoms with Crippen LogP contribution in [0.2, 0.25) is 0 Å². The van der Waals surface area contributed by atoms with Gasteiger partial charge in [-0.1, -0.05) is 20.8 Å². The molecule has 0 fully saturated rings. The van der Waals surface area contributed by atoms with Gasteiger partial charge in [-0.25, -0.2) is 19.0 Å². The molecule has 5 heterocycles. The number of hydrogen-bond acceptors (Lipinski definition) is 6. The van der Waals surface area contributed by atoms with E-state index in [2.05, 4.69) is 57.4 Å². The number of hydrogen-bond donors (Lipinski definition) is 0. The number of aryl methyl sites for hydroxylation is 1. The van der Waals surface area contributed by atoms with E-state index in [1.54, 1.807) is 12.4 Å². The third kappa shape index (κ3) is 3.57. The Labute approximate surface area is 198 Å². The lowest BCUT2D eigenvalue weighted by molar-refractivity contribution is 0.506. The molecule has 0 atom stereocenters. The lowest BCUT2D eigenvalue weighted by Gasteiger charge is -2.32. The summed E-state index contributed by atoms with van der Waals surface area (Å²) in [6, 6.07) is 9.13.